The van der Waals surface area contributed by atoms with E-state index in [4.69, 9.17) is 0 Å². The van der Waals surface area contributed by atoms with Crippen LogP contribution in [0.4, 0.5) is 0 Å². The normalized spacial score (nSPS) is 20.5. The Morgan fingerprint density at radius 1 is 1.36 bits per heavy atom. The van der Waals surface area contributed by atoms with Gasteiger partial charge in [-0.25, -0.2) is 0 Å². The summed E-state index contributed by atoms with van der Waals surface area (Å²) in [5.41, 5.74) is 2.07. The Balaban J connectivity index is 2.13. The topological polar surface area (TPSA) is 20.2 Å². The standard InChI is InChI=1S/C13H18O/c1-10-5-3-4-6-11(10)9-13(2,14)12-7-8-12/h3-6,12,14H,7-9H2,1-2H3. The van der Waals surface area contributed by atoms with Crippen molar-refractivity contribution in [1.29, 1.82) is 0 Å². The average molecular weight is 190 g/mol. The minimum atomic E-state index is -0.494. The molecule has 1 saturated carbocycles. The lowest BCUT2D eigenvalue weighted by atomic mass is 9.90. The number of hydrogen-bond donors (Lipinski definition) is 1. The minimum Gasteiger partial charge on any atom is -0.390 e. The summed E-state index contributed by atoms with van der Waals surface area (Å²) in [6.07, 6.45) is 3.18. The van der Waals surface area contributed by atoms with Crippen LogP contribution in [0.25, 0.3) is 0 Å². The van der Waals surface area contributed by atoms with Gasteiger partial charge < -0.3 is 5.11 Å². The molecule has 1 fully saturated rings. The van der Waals surface area contributed by atoms with Crippen molar-refractivity contribution in [3.8, 4) is 0 Å². The zero-order valence-corrected chi connectivity index (χ0v) is 8.96. The van der Waals surface area contributed by atoms with Crippen LogP contribution in [-0.2, 0) is 6.42 Å². The van der Waals surface area contributed by atoms with Crippen LogP contribution in [-0.4, -0.2) is 10.7 Å². The number of benzene rings is 1. The van der Waals surface area contributed by atoms with E-state index in [2.05, 4.69) is 19.1 Å². The Kier molecular flexibility index (Phi) is 2.36. The Hall–Kier alpha value is -0.820. The monoisotopic (exact) mass is 190 g/mol. The molecular weight excluding hydrogens is 172 g/mol. The van der Waals surface area contributed by atoms with Crippen molar-refractivity contribution >= 4 is 0 Å². The van der Waals surface area contributed by atoms with Crippen LogP contribution in [0.2, 0.25) is 0 Å². The van der Waals surface area contributed by atoms with Gasteiger partial charge in [0, 0.05) is 6.42 Å². The highest BCUT2D eigenvalue weighted by Gasteiger charge is 2.39. The fourth-order valence-corrected chi connectivity index (χ4v) is 2.04. The van der Waals surface area contributed by atoms with Gasteiger partial charge in [0.2, 0.25) is 0 Å². The molecule has 1 aliphatic carbocycles. The molecule has 1 aliphatic rings. The van der Waals surface area contributed by atoms with Crippen LogP contribution in [0.1, 0.15) is 30.9 Å². The molecule has 1 aromatic rings. The molecule has 1 nitrogen and oxygen atoms in total. The maximum atomic E-state index is 10.2. The van der Waals surface area contributed by atoms with Crippen LogP contribution in [0, 0.1) is 12.8 Å². The predicted octanol–water partition coefficient (Wildman–Crippen LogP) is 2.70. The third kappa shape index (κ3) is 1.98. The molecule has 1 aromatic carbocycles. The average Bonchev–Trinajstić information content (AvgIpc) is 2.91. The van der Waals surface area contributed by atoms with Gasteiger partial charge in [-0.2, -0.15) is 0 Å². The van der Waals surface area contributed by atoms with Crippen molar-refractivity contribution < 1.29 is 5.11 Å². The molecule has 0 aromatic heterocycles. The second-order valence-electron chi connectivity index (χ2n) is 4.73. The molecule has 76 valence electrons. The molecule has 0 spiro atoms. The number of hydrogen-bond acceptors (Lipinski definition) is 1. The Labute approximate surface area is 85.8 Å². The van der Waals surface area contributed by atoms with Crippen molar-refractivity contribution in [3.05, 3.63) is 35.4 Å². The number of aliphatic hydroxyl groups is 1. The van der Waals surface area contributed by atoms with Gasteiger partial charge in [0.25, 0.3) is 0 Å². The zero-order chi connectivity index (χ0) is 10.2. The molecular formula is C13H18O. The lowest BCUT2D eigenvalue weighted by Crippen LogP contribution is -2.30. The maximum absolute atomic E-state index is 10.2. The van der Waals surface area contributed by atoms with Crippen molar-refractivity contribution in [2.24, 2.45) is 5.92 Å². The molecule has 0 heterocycles. The molecule has 1 unspecified atom stereocenters. The quantitative estimate of drug-likeness (QED) is 0.777. The first-order chi connectivity index (χ1) is 6.59. The van der Waals surface area contributed by atoms with Crippen LogP contribution >= 0.6 is 0 Å². The third-order valence-electron chi connectivity index (χ3n) is 3.27. The van der Waals surface area contributed by atoms with Gasteiger partial charge in [-0.15, -0.1) is 0 Å². The lowest BCUT2D eigenvalue weighted by Gasteiger charge is -2.23. The van der Waals surface area contributed by atoms with Gasteiger partial charge in [0.05, 0.1) is 5.60 Å². The molecule has 0 bridgehead atoms. The highest BCUT2D eigenvalue weighted by molar-refractivity contribution is 5.27. The van der Waals surface area contributed by atoms with Crippen LogP contribution in [0.3, 0.4) is 0 Å². The molecule has 14 heavy (non-hydrogen) atoms. The van der Waals surface area contributed by atoms with E-state index in [0.29, 0.717) is 5.92 Å². The van der Waals surface area contributed by atoms with E-state index in [-0.39, 0.29) is 0 Å². The van der Waals surface area contributed by atoms with E-state index in [1.165, 1.54) is 24.0 Å². The van der Waals surface area contributed by atoms with E-state index in [1.54, 1.807) is 0 Å². The van der Waals surface area contributed by atoms with Crippen LogP contribution in [0.15, 0.2) is 24.3 Å². The largest absolute Gasteiger partial charge is 0.390 e. The zero-order valence-electron chi connectivity index (χ0n) is 8.96. The van der Waals surface area contributed by atoms with Crippen molar-refractivity contribution in [1.82, 2.24) is 0 Å². The van der Waals surface area contributed by atoms with Gasteiger partial charge in [-0.1, -0.05) is 24.3 Å². The first kappa shape index (κ1) is 9.72. The fraction of sp³-hybridized carbons (Fsp3) is 0.538. The molecule has 0 radical (unpaired) electrons. The van der Waals surface area contributed by atoms with E-state index in [9.17, 15) is 5.11 Å². The molecule has 1 atom stereocenters. The summed E-state index contributed by atoms with van der Waals surface area (Å²) in [5, 5.41) is 10.2. The molecule has 0 aliphatic heterocycles. The van der Waals surface area contributed by atoms with Crippen LogP contribution < -0.4 is 0 Å². The van der Waals surface area contributed by atoms with Crippen molar-refractivity contribution in [2.45, 2.75) is 38.7 Å². The highest BCUT2D eigenvalue weighted by Crippen LogP contribution is 2.41. The van der Waals surface area contributed by atoms with E-state index >= 15 is 0 Å². The lowest BCUT2D eigenvalue weighted by molar-refractivity contribution is 0.0370. The van der Waals surface area contributed by atoms with Gasteiger partial charge in [0.15, 0.2) is 0 Å². The fourth-order valence-electron chi connectivity index (χ4n) is 2.04. The van der Waals surface area contributed by atoms with E-state index < -0.39 is 5.60 Å². The van der Waals surface area contributed by atoms with Gasteiger partial charge >= 0.3 is 0 Å². The molecule has 0 amide bonds. The number of rotatable bonds is 3. The van der Waals surface area contributed by atoms with E-state index in [1.807, 2.05) is 19.1 Å². The number of aryl methyl sites for hydroxylation is 1. The summed E-state index contributed by atoms with van der Waals surface area (Å²) >= 11 is 0. The third-order valence-corrected chi connectivity index (χ3v) is 3.27. The first-order valence-corrected chi connectivity index (χ1v) is 5.36. The summed E-state index contributed by atoms with van der Waals surface area (Å²) < 4.78 is 0. The molecule has 1 heteroatoms. The molecule has 1 N–H and O–H groups in total. The van der Waals surface area contributed by atoms with E-state index in [0.717, 1.165) is 6.42 Å². The summed E-state index contributed by atoms with van der Waals surface area (Å²) in [5.74, 6) is 0.530. The second-order valence-corrected chi connectivity index (χ2v) is 4.73. The molecule has 2 rings (SSSR count). The highest BCUT2D eigenvalue weighted by atomic mass is 16.3. The SMILES string of the molecule is Cc1ccccc1CC(C)(O)C1CC1. The maximum Gasteiger partial charge on any atom is 0.0688 e. The first-order valence-electron chi connectivity index (χ1n) is 5.36. The summed E-state index contributed by atoms with van der Waals surface area (Å²) in [7, 11) is 0. The summed E-state index contributed by atoms with van der Waals surface area (Å²) in [4.78, 5) is 0. The second kappa shape index (κ2) is 3.39. The minimum absolute atomic E-state index is 0.494. The van der Waals surface area contributed by atoms with Crippen molar-refractivity contribution in [3.63, 3.8) is 0 Å². The Morgan fingerprint density at radius 2 is 2.00 bits per heavy atom. The summed E-state index contributed by atoms with van der Waals surface area (Å²) in [6.45, 7) is 4.08. The smallest absolute Gasteiger partial charge is 0.0688 e. The van der Waals surface area contributed by atoms with Crippen LogP contribution in [0.5, 0.6) is 0 Å². The van der Waals surface area contributed by atoms with Gasteiger partial charge in [-0.3, -0.25) is 0 Å². The van der Waals surface area contributed by atoms with Gasteiger partial charge in [0.1, 0.15) is 0 Å². The van der Waals surface area contributed by atoms with Gasteiger partial charge in [-0.05, 0) is 43.7 Å². The summed E-state index contributed by atoms with van der Waals surface area (Å²) in [6, 6.07) is 8.32. The Morgan fingerprint density at radius 3 is 2.57 bits per heavy atom. The van der Waals surface area contributed by atoms with Crippen molar-refractivity contribution in [2.75, 3.05) is 0 Å². The Bertz CT molecular complexity index is 324. The predicted molar refractivity (Wildman–Crippen MR) is 58.2 cm³/mol. The molecule has 0 saturated heterocycles.